The SMILES string of the molecule is CN(CCOCCCCCCN1CC(c2ccc(OCc3ccccc3)c3[nH]c(=O)ccc23)OC1=O)Cc1cccc(NC(N)=O)c1. The zero-order valence-corrected chi connectivity index (χ0v) is 26.8. The molecule has 1 unspecified atom stereocenters. The van der Waals surface area contributed by atoms with Crippen molar-refractivity contribution in [2.24, 2.45) is 5.73 Å². The monoisotopic (exact) mass is 641 g/mol. The number of nitrogens with one attached hydrogen (secondary N) is 2. The second-order valence-electron chi connectivity index (χ2n) is 11.8. The first kappa shape index (κ1) is 33.5. The summed E-state index contributed by atoms with van der Waals surface area (Å²) in [6.45, 7) is 4.32. The average molecular weight is 642 g/mol. The second kappa shape index (κ2) is 16.6. The Morgan fingerprint density at radius 2 is 1.79 bits per heavy atom. The van der Waals surface area contributed by atoms with E-state index in [1.165, 1.54) is 6.07 Å². The van der Waals surface area contributed by atoms with Crippen molar-refractivity contribution in [1.82, 2.24) is 14.8 Å². The lowest BCUT2D eigenvalue weighted by molar-refractivity contribution is 0.106. The number of amides is 3. The van der Waals surface area contributed by atoms with E-state index in [2.05, 4.69) is 15.2 Å². The molecule has 0 spiro atoms. The number of unbranched alkanes of at least 4 members (excludes halogenated alkanes) is 3. The summed E-state index contributed by atoms with van der Waals surface area (Å²) in [5.74, 6) is 0.573. The van der Waals surface area contributed by atoms with Crippen LogP contribution in [0.3, 0.4) is 0 Å². The summed E-state index contributed by atoms with van der Waals surface area (Å²) in [5, 5.41) is 3.40. The molecule has 0 saturated carbocycles. The molecule has 1 fully saturated rings. The van der Waals surface area contributed by atoms with Crippen LogP contribution < -0.4 is 21.3 Å². The molecule has 1 saturated heterocycles. The fourth-order valence-electron chi connectivity index (χ4n) is 5.70. The largest absolute Gasteiger partial charge is 0.487 e. The first-order chi connectivity index (χ1) is 22.9. The molecule has 3 amide bonds. The Bertz CT molecular complexity index is 1690. The fourth-order valence-corrected chi connectivity index (χ4v) is 5.70. The van der Waals surface area contributed by atoms with Crippen molar-refractivity contribution in [2.75, 3.05) is 45.2 Å². The number of likely N-dealkylation sites (N-methyl/N-ethyl adjacent to an activating group) is 1. The smallest absolute Gasteiger partial charge is 0.410 e. The summed E-state index contributed by atoms with van der Waals surface area (Å²) in [5.41, 5.74) is 9.21. The number of carbonyl (C=O) groups is 2. The first-order valence-corrected chi connectivity index (χ1v) is 16.1. The predicted molar refractivity (Wildman–Crippen MR) is 181 cm³/mol. The summed E-state index contributed by atoms with van der Waals surface area (Å²) >= 11 is 0. The van der Waals surface area contributed by atoms with Gasteiger partial charge in [-0.2, -0.15) is 0 Å². The number of fused-ring (bicyclic) bond motifs is 1. The molecule has 5 rings (SSSR count). The topological polar surface area (TPSA) is 139 Å². The number of aromatic nitrogens is 1. The van der Waals surface area contributed by atoms with Crippen LogP contribution in [-0.4, -0.2) is 66.8 Å². The molecular weight excluding hydrogens is 598 g/mol. The van der Waals surface area contributed by atoms with Gasteiger partial charge in [0.25, 0.3) is 0 Å². The Hall–Kier alpha value is -4.87. The minimum Gasteiger partial charge on any atom is -0.487 e. The number of benzene rings is 3. The summed E-state index contributed by atoms with van der Waals surface area (Å²) in [7, 11) is 2.03. The van der Waals surface area contributed by atoms with E-state index < -0.39 is 12.1 Å². The van der Waals surface area contributed by atoms with Crippen molar-refractivity contribution < 1.29 is 23.8 Å². The number of cyclic esters (lactones) is 1. The third-order valence-electron chi connectivity index (χ3n) is 8.09. The van der Waals surface area contributed by atoms with E-state index >= 15 is 0 Å². The molecule has 248 valence electrons. The van der Waals surface area contributed by atoms with Crippen molar-refractivity contribution >= 4 is 28.7 Å². The lowest BCUT2D eigenvalue weighted by Crippen LogP contribution is -2.25. The number of hydrogen-bond acceptors (Lipinski definition) is 7. The van der Waals surface area contributed by atoms with Crippen LogP contribution in [0.2, 0.25) is 0 Å². The lowest BCUT2D eigenvalue weighted by Gasteiger charge is -2.17. The normalized spacial score (nSPS) is 14.5. The van der Waals surface area contributed by atoms with Crippen LogP contribution in [0.4, 0.5) is 15.3 Å². The van der Waals surface area contributed by atoms with Gasteiger partial charge in [0.15, 0.2) is 0 Å². The van der Waals surface area contributed by atoms with Gasteiger partial charge in [0, 0.05) is 48.9 Å². The highest BCUT2D eigenvalue weighted by atomic mass is 16.6. The maximum atomic E-state index is 12.7. The quantitative estimate of drug-likeness (QED) is 0.124. The van der Waals surface area contributed by atoms with Crippen molar-refractivity contribution in [1.29, 1.82) is 0 Å². The molecule has 4 N–H and O–H groups in total. The molecule has 0 aliphatic carbocycles. The Balaban J connectivity index is 1.00. The number of hydrogen-bond donors (Lipinski definition) is 3. The number of H-pyrrole nitrogens is 1. The minimum atomic E-state index is -0.575. The molecule has 11 nitrogen and oxygen atoms in total. The van der Waals surface area contributed by atoms with Crippen LogP contribution in [-0.2, 0) is 22.6 Å². The minimum absolute atomic E-state index is 0.221. The van der Waals surface area contributed by atoms with Gasteiger partial charge in [-0.3, -0.25) is 9.69 Å². The van der Waals surface area contributed by atoms with Crippen LogP contribution >= 0.6 is 0 Å². The van der Waals surface area contributed by atoms with Gasteiger partial charge in [0.05, 0.1) is 18.7 Å². The van der Waals surface area contributed by atoms with Crippen molar-refractivity contribution in [3.05, 3.63) is 106 Å². The Morgan fingerprint density at radius 1 is 0.979 bits per heavy atom. The molecular formula is C36H43N5O6. The van der Waals surface area contributed by atoms with Gasteiger partial charge < -0.3 is 35.1 Å². The zero-order chi connectivity index (χ0) is 33.0. The number of pyridine rings is 1. The van der Waals surface area contributed by atoms with Gasteiger partial charge in [-0.05, 0) is 55.3 Å². The van der Waals surface area contributed by atoms with E-state index in [0.29, 0.717) is 49.9 Å². The highest BCUT2D eigenvalue weighted by molar-refractivity contribution is 5.88. The Kier molecular flexibility index (Phi) is 11.8. The third kappa shape index (κ3) is 9.81. The molecule has 2 heterocycles. The van der Waals surface area contributed by atoms with Crippen LogP contribution in [0, 0.1) is 0 Å². The summed E-state index contributed by atoms with van der Waals surface area (Å²) in [6.07, 6.45) is 3.10. The van der Waals surface area contributed by atoms with Gasteiger partial charge in [-0.25, -0.2) is 9.59 Å². The number of carbonyl (C=O) groups excluding carboxylic acids is 2. The van der Waals surface area contributed by atoms with Gasteiger partial charge in [-0.15, -0.1) is 0 Å². The van der Waals surface area contributed by atoms with Crippen LogP contribution in [0.1, 0.15) is 48.5 Å². The van der Waals surface area contributed by atoms with Gasteiger partial charge >= 0.3 is 12.1 Å². The molecule has 47 heavy (non-hydrogen) atoms. The Labute approximate surface area is 274 Å². The number of nitrogens with zero attached hydrogens (tertiary/aromatic N) is 2. The van der Waals surface area contributed by atoms with Gasteiger partial charge in [0.1, 0.15) is 18.5 Å². The molecule has 1 aromatic heterocycles. The predicted octanol–water partition coefficient (Wildman–Crippen LogP) is 5.80. The third-order valence-corrected chi connectivity index (χ3v) is 8.09. The van der Waals surface area contributed by atoms with E-state index in [1.54, 1.807) is 17.0 Å². The van der Waals surface area contributed by atoms with Crippen molar-refractivity contribution in [3.8, 4) is 5.75 Å². The molecule has 11 heteroatoms. The second-order valence-corrected chi connectivity index (χ2v) is 11.8. The maximum absolute atomic E-state index is 12.7. The van der Waals surface area contributed by atoms with E-state index in [-0.39, 0.29) is 11.7 Å². The van der Waals surface area contributed by atoms with Crippen molar-refractivity contribution in [3.63, 3.8) is 0 Å². The number of rotatable bonds is 17. The standard InChI is InChI=1S/C36H43N5O6/c1-40(23-27-12-9-13-28(22-27)38-35(37)43)19-21-45-20-8-3-2-7-18-41-24-32(47-36(41)44)29-14-16-31(34-30(29)15-17-33(42)39-34)46-25-26-10-5-4-6-11-26/h4-6,9-17,22,32H,2-3,7-8,18-21,23-25H2,1H3,(H,39,42)(H3,37,38,43). The van der Waals surface area contributed by atoms with E-state index in [9.17, 15) is 14.4 Å². The van der Waals surface area contributed by atoms with Crippen LogP contribution in [0.15, 0.2) is 83.7 Å². The summed E-state index contributed by atoms with van der Waals surface area (Å²) in [6, 6.07) is 23.9. The summed E-state index contributed by atoms with van der Waals surface area (Å²) < 4.78 is 17.7. The molecule has 0 bridgehead atoms. The number of urea groups is 1. The van der Waals surface area contributed by atoms with E-state index in [0.717, 1.165) is 60.8 Å². The maximum Gasteiger partial charge on any atom is 0.410 e. The summed E-state index contributed by atoms with van der Waals surface area (Å²) in [4.78, 5) is 42.8. The zero-order valence-electron chi connectivity index (χ0n) is 26.8. The number of primary amides is 1. The van der Waals surface area contributed by atoms with Gasteiger partial charge in [-0.1, -0.05) is 61.4 Å². The highest BCUT2D eigenvalue weighted by Gasteiger charge is 2.33. The number of anilines is 1. The molecule has 3 aromatic carbocycles. The van der Waals surface area contributed by atoms with E-state index in [4.69, 9.17) is 19.9 Å². The number of ether oxygens (including phenoxy) is 3. The van der Waals surface area contributed by atoms with Crippen LogP contribution in [0.25, 0.3) is 10.9 Å². The molecule has 1 aliphatic rings. The lowest BCUT2D eigenvalue weighted by atomic mass is 10.0. The highest BCUT2D eigenvalue weighted by Crippen LogP contribution is 2.35. The van der Waals surface area contributed by atoms with Crippen LogP contribution in [0.5, 0.6) is 5.75 Å². The van der Waals surface area contributed by atoms with Crippen molar-refractivity contribution in [2.45, 2.75) is 44.9 Å². The fraction of sp³-hybridized carbons (Fsp3) is 0.361. The number of aromatic amines is 1. The average Bonchev–Trinajstić information content (AvgIpc) is 3.42. The van der Waals surface area contributed by atoms with E-state index in [1.807, 2.05) is 67.7 Å². The molecule has 0 radical (unpaired) electrons. The molecule has 1 aliphatic heterocycles. The van der Waals surface area contributed by atoms with Gasteiger partial charge in [0.2, 0.25) is 5.56 Å². The number of nitrogens with two attached hydrogens (primary N) is 1. The Morgan fingerprint density at radius 3 is 2.62 bits per heavy atom. The molecule has 4 aromatic rings. The molecule has 1 atom stereocenters. The first-order valence-electron chi connectivity index (χ1n) is 16.1.